The maximum atomic E-state index is 11.8. The molecular formula is C23H22N6OS. The van der Waals surface area contributed by atoms with Crippen molar-refractivity contribution in [3.63, 3.8) is 0 Å². The van der Waals surface area contributed by atoms with Crippen LogP contribution in [0.2, 0.25) is 0 Å². The maximum Gasteiger partial charge on any atom is 0.250 e. The van der Waals surface area contributed by atoms with Gasteiger partial charge in [-0.2, -0.15) is 4.37 Å². The SMILES string of the molecule is NC(=O)c1cccc2c(-c3nc4c(c(NCc5ccccc5)n3)CCCNC4)nsc12. The fourth-order valence-electron chi connectivity index (χ4n) is 3.89. The topological polar surface area (TPSA) is 106 Å². The number of anilines is 1. The predicted octanol–water partition coefficient (Wildman–Crippen LogP) is 3.50. The molecular weight excluding hydrogens is 408 g/mol. The number of fused-ring (bicyclic) bond motifs is 2. The highest BCUT2D eigenvalue weighted by Crippen LogP contribution is 2.33. The Morgan fingerprint density at radius 3 is 2.84 bits per heavy atom. The third-order valence-corrected chi connectivity index (χ3v) is 6.34. The Balaban J connectivity index is 1.59. The molecule has 0 saturated carbocycles. The molecule has 2 aromatic heterocycles. The number of benzene rings is 2. The van der Waals surface area contributed by atoms with Crippen LogP contribution in [0, 0.1) is 0 Å². The number of rotatable bonds is 5. The summed E-state index contributed by atoms with van der Waals surface area (Å²) < 4.78 is 5.37. The van der Waals surface area contributed by atoms with Crippen LogP contribution in [0.25, 0.3) is 21.6 Å². The van der Waals surface area contributed by atoms with Gasteiger partial charge in [-0.15, -0.1) is 0 Å². The van der Waals surface area contributed by atoms with Crippen molar-refractivity contribution in [2.24, 2.45) is 5.73 Å². The van der Waals surface area contributed by atoms with Crippen molar-refractivity contribution < 1.29 is 4.79 Å². The van der Waals surface area contributed by atoms with E-state index in [1.54, 1.807) is 6.07 Å². The summed E-state index contributed by atoms with van der Waals surface area (Å²) in [6.45, 7) is 2.33. The molecule has 0 fully saturated rings. The first-order valence-corrected chi connectivity index (χ1v) is 11.0. The lowest BCUT2D eigenvalue weighted by molar-refractivity contribution is 0.100. The van der Waals surface area contributed by atoms with E-state index in [9.17, 15) is 4.79 Å². The molecule has 0 aliphatic carbocycles. The standard InChI is InChI=1S/C23H22N6OS/c24-21(30)17-9-4-8-16-19(29-31-20(16)17)23-27-18-13-25-11-5-10-15(18)22(28-23)26-12-14-6-2-1-3-7-14/h1-4,6-9,25H,5,10-13H2,(H2,24,30)(H,26,27,28). The van der Waals surface area contributed by atoms with Gasteiger partial charge in [-0.1, -0.05) is 42.5 Å². The quantitative estimate of drug-likeness (QED) is 0.447. The molecule has 1 aliphatic rings. The van der Waals surface area contributed by atoms with Crippen molar-refractivity contribution in [3.8, 4) is 11.5 Å². The van der Waals surface area contributed by atoms with Crippen molar-refractivity contribution in [2.45, 2.75) is 25.9 Å². The van der Waals surface area contributed by atoms with Crippen LogP contribution < -0.4 is 16.4 Å². The van der Waals surface area contributed by atoms with Crippen LogP contribution in [-0.2, 0) is 19.5 Å². The first-order chi connectivity index (χ1) is 15.2. The van der Waals surface area contributed by atoms with Gasteiger partial charge in [0.15, 0.2) is 5.82 Å². The minimum absolute atomic E-state index is 0.460. The molecule has 1 amide bonds. The van der Waals surface area contributed by atoms with Gasteiger partial charge < -0.3 is 16.4 Å². The third-order valence-electron chi connectivity index (χ3n) is 5.44. The van der Waals surface area contributed by atoms with Crippen molar-refractivity contribution in [1.29, 1.82) is 0 Å². The molecule has 2 aromatic carbocycles. The summed E-state index contributed by atoms with van der Waals surface area (Å²) in [7, 11) is 0. The van der Waals surface area contributed by atoms with Gasteiger partial charge in [0.2, 0.25) is 5.91 Å². The average Bonchev–Trinajstić information content (AvgIpc) is 3.08. The lowest BCUT2D eigenvalue weighted by Gasteiger charge is -2.14. The van der Waals surface area contributed by atoms with E-state index >= 15 is 0 Å². The van der Waals surface area contributed by atoms with E-state index in [1.807, 2.05) is 30.3 Å². The van der Waals surface area contributed by atoms with E-state index in [0.717, 1.165) is 46.5 Å². The number of carbonyl (C=O) groups is 1. The Morgan fingerprint density at radius 2 is 2.00 bits per heavy atom. The van der Waals surface area contributed by atoms with Gasteiger partial charge >= 0.3 is 0 Å². The molecule has 5 rings (SSSR count). The minimum atomic E-state index is -0.460. The fraction of sp³-hybridized carbons (Fsp3) is 0.217. The molecule has 156 valence electrons. The molecule has 0 saturated heterocycles. The highest BCUT2D eigenvalue weighted by Gasteiger charge is 2.21. The summed E-state index contributed by atoms with van der Waals surface area (Å²) in [6, 6.07) is 15.7. The lowest BCUT2D eigenvalue weighted by Crippen LogP contribution is -2.14. The highest BCUT2D eigenvalue weighted by molar-refractivity contribution is 7.14. The van der Waals surface area contributed by atoms with E-state index in [0.29, 0.717) is 30.2 Å². The smallest absolute Gasteiger partial charge is 0.250 e. The maximum absolute atomic E-state index is 11.8. The highest BCUT2D eigenvalue weighted by atomic mass is 32.1. The number of primary amides is 1. The Morgan fingerprint density at radius 1 is 1.13 bits per heavy atom. The van der Waals surface area contributed by atoms with Crippen LogP contribution in [0.15, 0.2) is 48.5 Å². The van der Waals surface area contributed by atoms with E-state index < -0.39 is 5.91 Å². The van der Waals surface area contributed by atoms with Gasteiger partial charge in [0.1, 0.15) is 11.5 Å². The largest absolute Gasteiger partial charge is 0.366 e. The van der Waals surface area contributed by atoms with Crippen LogP contribution in [0.3, 0.4) is 0 Å². The van der Waals surface area contributed by atoms with Gasteiger partial charge in [0.05, 0.1) is 16.0 Å². The number of hydrogen-bond acceptors (Lipinski definition) is 7. The Kier molecular flexibility index (Phi) is 5.31. The Labute approximate surface area is 183 Å². The first kappa shape index (κ1) is 19.6. The Hall–Kier alpha value is -3.36. The molecule has 7 nitrogen and oxygen atoms in total. The summed E-state index contributed by atoms with van der Waals surface area (Å²) in [5, 5.41) is 7.80. The van der Waals surface area contributed by atoms with Crippen LogP contribution in [0.1, 0.15) is 33.6 Å². The summed E-state index contributed by atoms with van der Waals surface area (Å²) in [5.41, 5.74) is 10.0. The number of nitrogens with zero attached hydrogens (tertiary/aromatic N) is 3. The second kappa shape index (κ2) is 8.41. The lowest BCUT2D eigenvalue weighted by atomic mass is 10.1. The molecule has 1 aliphatic heterocycles. The van der Waals surface area contributed by atoms with Gasteiger partial charge in [-0.25, -0.2) is 9.97 Å². The number of nitrogens with two attached hydrogens (primary N) is 1. The van der Waals surface area contributed by atoms with Gasteiger partial charge in [0, 0.05) is 24.0 Å². The number of aromatic nitrogens is 3. The van der Waals surface area contributed by atoms with Crippen molar-refractivity contribution in [1.82, 2.24) is 19.7 Å². The molecule has 4 aromatic rings. The molecule has 4 N–H and O–H groups in total. The van der Waals surface area contributed by atoms with Crippen molar-refractivity contribution in [2.75, 3.05) is 11.9 Å². The number of amides is 1. The molecule has 3 heterocycles. The number of nitrogens with one attached hydrogen (secondary N) is 2. The van der Waals surface area contributed by atoms with E-state index in [1.165, 1.54) is 17.1 Å². The summed E-state index contributed by atoms with van der Waals surface area (Å²) in [4.78, 5) is 21.6. The van der Waals surface area contributed by atoms with Crippen LogP contribution in [0.5, 0.6) is 0 Å². The molecule has 0 unspecified atom stereocenters. The summed E-state index contributed by atoms with van der Waals surface area (Å²) >= 11 is 1.25. The average molecular weight is 431 g/mol. The molecule has 0 bridgehead atoms. The van der Waals surface area contributed by atoms with Crippen LogP contribution >= 0.6 is 11.5 Å². The summed E-state index contributed by atoms with van der Waals surface area (Å²) in [6.07, 6.45) is 1.96. The zero-order valence-electron chi connectivity index (χ0n) is 16.9. The second-order valence-electron chi connectivity index (χ2n) is 7.52. The zero-order valence-corrected chi connectivity index (χ0v) is 17.7. The molecule has 0 radical (unpaired) electrons. The number of carbonyl (C=O) groups excluding carboxylic acids is 1. The van der Waals surface area contributed by atoms with Crippen molar-refractivity contribution >= 4 is 33.3 Å². The van der Waals surface area contributed by atoms with Crippen LogP contribution in [-0.4, -0.2) is 26.8 Å². The predicted molar refractivity (Wildman–Crippen MR) is 123 cm³/mol. The van der Waals surface area contributed by atoms with Gasteiger partial charge in [0.25, 0.3) is 0 Å². The molecule has 0 atom stereocenters. The third kappa shape index (κ3) is 3.87. The van der Waals surface area contributed by atoms with Crippen molar-refractivity contribution in [3.05, 3.63) is 70.9 Å². The number of hydrogen-bond donors (Lipinski definition) is 3. The molecule has 8 heteroatoms. The molecule has 0 spiro atoms. The van der Waals surface area contributed by atoms with E-state index in [4.69, 9.17) is 15.7 Å². The van der Waals surface area contributed by atoms with E-state index in [-0.39, 0.29) is 0 Å². The van der Waals surface area contributed by atoms with Gasteiger partial charge in [-0.3, -0.25) is 4.79 Å². The van der Waals surface area contributed by atoms with E-state index in [2.05, 4.69) is 27.1 Å². The summed E-state index contributed by atoms with van der Waals surface area (Å²) in [5.74, 6) is 0.948. The minimum Gasteiger partial charge on any atom is -0.366 e. The Bertz CT molecular complexity index is 1250. The monoisotopic (exact) mass is 430 g/mol. The molecule has 31 heavy (non-hydrogen) atoms. The zero-order chi connectivity index (χ0) is 21.2. The first-order valence-electron chi connectivity index (χ1n) is 10.3. The second-order valence-corrected chi connectivity index (χ2v) is 8.29. The fourth-order valence-corrected chi connectivity index (χ4v) is 4.78. The normalized spacial score (nSPS) is 13.5. The van der Waals surface area contributed by atoms with Gasteiger partial charge in [-0.05, 0) is 42.5 Å². The van der Waals surface area contributed by atoms with Crippen LogP contribution in [0.4, 0.5) is 5.82 Å².